The van der Waals surface area contributed by atoms with Crippen molar-refractivity contribution in [2.75, 3.05) is 13.1 Å². The monoisotopic (exact) mass is 264 g/mol. The molecule has 19 heavy (non-hydrogen) atoms. The van der Waals surface area contributed by atoms with Crippen molar-refractivity contribution < 1.29 is 5.11 Å². The smallest absolute Gasteiger partial charge is 0.0885 e. The number of nitrogens with zero attached hydrogens (tertiary/aromatic N) is 1. The van der Waals surface area contributed by atoms with Gasteiger partial charge in [-0.05, 0) is 51.0 Å². The van der Waals surface area contributed by atoms with Crippen LogP contribution in [0.3, 0.4) is 0 Å². The molecule has 0 aromatic carbocycles. The fraction of sp³-hybridized carbons (Fsp3) is 0.938. The Labute approximate surface area is 117 Å². The SMILES string of the molecule is CCC1CCC(C#N)(C2(O)CCNCC2CC)CC1. The van der Waals surface area contributed by atoms with Gasteiger partial charge in [-0.2, -0.15) is 5.26 Å². The standard InChI is InChI=1S/C16H28N2O/c1-3-13-5-7-15(12-17,8-6-13)16(19)9-10-18-11-14(16)4-2/h13-14,18-19H,3-11H2,1-2H3. The van der Waals surface area contributed by atoms with Gasteiger partial charge in [0.2, 0.25) is 0 Å². The van der Waals surface area contributed by atoms with Crippen molar-refractivity contribution in [3.8, 4) is 6.07 Å². The molecule has 0 bridgehead atoms. The minimum absolute atomic E-state index is 0.221. The number of piperidine rings is 1. The molecule has 3 heteroatoms. The second-order valence-electron chi connectivity index (χ2n) is 6.53. The topological polar surface area (TPSA) is 56.0 Å². The molecule has 3 nitrogen and oxygen atoms in total. The van der Waals surface area contributed by atoms with Crippen molar-refractivity contribution in [1.29, 1.82) is 5.26 Å². The third kappa shape index (κ3) is 2.41. The van der Waals surface area contributed by atoms with E-state index in [1.807, 2.05) is 0 Å². The lowest BCUT2D eigenvalue weighted by atomic mass is 9.56. The maximum atomic E-state index is 11.3. The first-order valence-electron chi connectivity index (χ1n) is 7.96. The van der Waals surface area contributed by atoms with Gasteiger partial charge in [-0.25, -0.2) is 0 Å². The molecule has 0 amide bonds. The lowest BCUT2D eigenvalue weighted by molar-refractivity contribution is -0.135. The molecular weight excluding hydrogens is 236 g/mol. The summed E-state index contributed by atoms with van der Waals surface area (Å²) in [5.74, 6) is 0.978. The number of hydrogen-bond donors (Lipinski definition) is 2. The van der Waals surface area contributed by atoms with Crippen LogP contribution in [-0.4, -0.2) is 23.8 Å². The van der Waals surface area contributed by atoms with Gasteiger partial charge in [-0.1, -0.05) is 20.3 Å². The van der Waals surface area contributed by atoms with E-state index >= 15 is 0 Å². The minimum Gasteiger partial charge on any atom is -0.388 e. The van der Waals surface area contributed by atoms with Crippen LogP contribution in [0.25, 0.3) is 0 Å². The Kier molecular flexibility index (Phi) is 4.53. The molecule has 0 aromatic heterocycles. The Morgan fingerprint density at radius 2 is 1.89 bits per heavy atom. The molecule has 2 fully saturated rings. The van der Waals surface area contributed by atoms with E-state index in [0.29, 0.717) is 0 Å². The molecule has 0 spiro atoms. The van der Waals surface area contributed by atoms with Crippen LogP contribution in [-0.2, 0) is 0 Å². The lowest BCUT2D eigenvalue weighted by Crippen LogP contribution is -2.60. The number of nitriles is 1. The fourth-order valence-electron chi connectivity index (χ4n) is 4.26. The molecule has 1 aliphatic heterocycles. The molecule has 2 unspecified atom stereocenters. The van der Waals surface area contributed by atoms with E-state index < -0.39 is 11.0 Å². The maximum absolute atomic E-state index is 11.3. The van der Waals surface area contributed by atoms with E-state index in [9.17, 15) is 10.4 Å². The molecule has 2 N–H and O–H groups in total. The van der Waals surface area contributed by atoms with Crippen LogP contribution in [0.5, 0.6) is 0 Å². The van der Waals surface area contributed by atoms with Crippen LogP contribution in [0.1, 0.15) is 58.8 Å². The molecule has 2 aliphatic rings. The van der Waals surface area contributed by atoms with Crippen LogP contribution in [0.15, 0.2) is 0 Å². The normalized spacial score (nSPS) is 43.7. The summed E-state index contributed by atoms with van der Waals surface area (Å²) in [6.07, 6.45) is 6.87. The summed E-state index contributed by atoms with van der Waals surface area (Å²) in [5, 5.41) is 24.5. The molecule has 1 aliphatic carbocycles. The quantitative estimate of drug-likeness (QED) is 0.824. The van der Waals surface area contributed by atoms with Gasteiger partial charge in [0.1, 0.15) is 0 Å². The van der Waals surface area contributed by atoms with E-state index in [-0.39, 0.29) is 5.92 Å². The highest BCUT2D eigenvalue weighted by Crippen LogP contribution is 2.52. The van der Waals surface area contributed by atoms with Crippen LogP contribution in [0.4, 0.5) is 0 Å². The third-order valence-electron chi connectivity index (χ3n) is 5.82. The summed E-state index contributed by atoms with van der Waals surface area (Å²) in [7, 11) is 0. The Morgan fingerprint density at radius 1 is 1.21 bits per heavy atom. The zero-order chi connectivity index (χ0) is 13.9. The van der Waals surface area contributed by atoms with Gasteiger partial charge in [-0.3, -0.25) is 0 Å². The lowest BCUT2D eigenvalue weighted by Gasteiger charge is -2.52. The molecule has 108 valence electrons. The molecule has 2 atom stereocenters. The molecule has 0 aromatic rings. The minimum atomic E-state index is -0.777. The van der Waals surface area contributed by atoms with Crippen molar-refractivity contribution in [2.45, 2.75) is 64.4 Å². The van der Waals surface area contributed by atoms with Gasteiger partial charge in [-0.15, -0.1) is 0 Å². The molecule has 1 heterocycles. The van der Waals surface area contributed by atoms with Gasteiger partial charge in [0.05, 0.1) is 17.1 Å². The van der Waals surface area contributed by atoms with Crippen molar-refractivity contribution >= 4 is 0 Å². The molecule has 1 saturated heterocycles. The van der Waals surface area contributed by atoms with Gasteiger partial charge in [0.15, 0.2) is 0 Å². The van der Waals surface area contributed by atoms with Crippen molar-refractivity contribution in [3.63, 3.8) is 0 Å². The number of aliphatic hydroxyl groups is 1. The summed E-state index contributed by atoms with van der Waals surface area (Å²) in [4.78, 5) is 0. The fourth-order valence-corrected chi connectivity index (χ4v) is 4.26. The van der Waals surface area contributed by atoms with Gasteiger partial charge in [0, 0.05) is 12.5 Å². The van der Waals surface area contributed by atoms with Gasteiger partial charge in [0.25, 0.3) is 0 Å². The Balaban J connectivity index is 2.22. The number of hydrogen-bond acceptors (Lipinski definition) is 3. The summed E-state index contributed by atoms with van der Waals surface area (Å²) in [6.45, 7) is 6.06. The number of rotatable bonds is 3. The van der Waals surface area contributed by atoms with Crippen molar-refractivity contribution in [3.05, 3.63) is 0 Å². The zero-order valence-corrected chi connectivity index (χ0v) is 12.4. The van der Waals surface area contributed by atoms with Gasteiger partial charge < -0.3 is 10.4 Å². The highest BCUT2D eigenvalue weighted by molar-refractivity contribution is 5.16. The molecular formula is C16H28N2O. The van der Waals surface area contributed by atoms with E-state index in [4.69, 9.17) is 0 Å². The maximum Gasteiger partial charge on any atom is 0.0885 e. The summed E-state index contributed by atoms with van der Waals surface area (Å²) < 4.78 is 0. The summed E-state index contributed by atoms with van der Waals surface area (Å²) in [6, 6.07) is 2.56. The van der Waals surface area contributed by atoms with Gasteiger partial charge >= 0.3 is 0 Å². The van der Waals surface area contributed by atoms with E-state index in [1.165, 1.54) is 6.42 Å². The summed E-state index contributed by atoms with van der Waals surface area (Å²) >= 11 is 0. The Hall–Kier alpha value is -0.590. The first-order valence-corrected chi connectivity index (χ1v) is 7.96. The second kappa shape index (κ2) is 5.81. The van der Waals surface area contributed by atoms with E-state index in [0.717, 1.165) is 57.5 Å². The van der Waals surface area contributed by atoms with Crippen molar-refractivity contribution in [1.82, 2.24) is 5.32 Å². The first-order chi connectivity index (χ1) is 9.12. The summed E-state index contributed by atoms with van der Waals surface area (Å²) in [5.41, 5.74) is -1.28. The van der Waals surface area contributed by atoms with Crippen LogP contribution in [0.2, 0.25) is 0 Å². The Morgan fingerprint density at radius 3 is 2.42 bits per heavy atom. The molecule has 2 rings (SSSR count). The van der Waals surface area contributed by atoms with Crippen LogP contribution in [0, 0.1) is 28.6 Å². The highest BCUT2D eigenvalue weighted by atomic mass is 16.3. The first kappa shape index (κ1) is 14.8. The van der Waals surface area contributed by atoms with Crippen LogP contribution < -0.4 is 5.32 Å². The average Bonchev–Trinajstić information content (AvgIpc) is 2.47. The second-order valence-corrected chi connectivity index (χ2v) is 6.53. The van der Waals surface area contributed by atoms with E-state index in [1.54, 1.807) is 0 Å². The molecule has 1 saturated carbocycles. The molecule has 0 radical (unpaired) electrons. The van der Waals surface area contributed by atoms with Crippen molar-refractivity contribution in [2.24, 2.45) is 17.3 Å². The highest BCUT2D eigenvalue weighted by Gasteiger charge is 2.56. The average molecular weight is 264 g/mol. The van der Waals surface area contributed by atoms with E-state index in [2.05, 4.69) is 25.2 Å². The Bertz CT molecular complexity index is 341. The zero-order valence-electron chi connectivity index (χ0n) is 12.4. The predicted molar refractivity (Wildman–Crippen MR) is 76.5 cm³/mol. The largest absolute Gasteiger partial charge is 0.388 e. The van der Waals surface area contributed by atoms with Crippen LogP contribution >= 0.6 is 0 Å². The number of nitrogens with one attached hydrogen (secondary N) is 1. The third-order valence-corrected chi connectivity index (χ3v) is 5.82. The predicted octanol–water partition coefficient (Wildman–Crippen LogP) is 2.85.